The van der Waals surface area contributed by atoms with Gasteiger partial charge in [0, 0.05) is 34.9 Å². The Hall–Kier alpha value is -2.29. The van der Waals surface area contributed by atoms with Gasteiger partial charge in [-0.2, -0.15) is 0 Å². The van der Waals surface area contributed by atoms with E-state index in [2.05, 4.69) is 16.0 Å². The molecule has 25 heavy (non-hydrogen) atoms. The van der Waals surface area contributed by atoms with Crippen LogP contribution in [0.3, 0.4) is 0 Å². The minimum atomic E-state index is -1.12. The van der Waals surface area contributed by atoms with Crippen LogP contribution in [0.15, 0.2) is 9.98 Å². The lowest BCUT2D eigenvalue weighted by Crippen LogP contribution is -2.62. The Morgan fingerprint density at radius 2 is 1.48 bits per heavy atom. The third kappa shape index (κ3) is 6.26. The molecule has 0 amide bonds. The van der Waals surface area contributed by atoms with Crippen molar-refractivity contribution in [2.24, 2.45) is 9.98 Å². The normalized spacial score (nSPS) is 28.3. The van der Waals surface area contributed by atoms with Crippen LogP contribution in [0, 0.1) is 0 Å². The number of carbonyl (C=O) groups is 3. The maximum absolute atomic E-state index is 11.5. The van der Waals surface area contributed by atoms with Crippen LogP contribution in [-0.2, 0) is 38.1 Å². The van der Waals surface area contributed by atoms with Gasteiger partial charge in [0.25, 0.3) is 0 Å². The van der Waals surface area contributed by atoms with Crippen molar-refractivity contribution in [2.75, 3.05) is 20.7 Å². The first kappa shape index (κ1) is 20.8. The first-order chi connectivity index (χ1) is 11.8. The molecule has 10 nitrogen and oxygen atoms in total. The molecule has 0 saturated carbocycles. The van der Waals surface area contributed by atoms with E-state index in [1.54, 1.807) is 0 Å². The van der Waals surface area contributed by atoms with E-state index in [-0.39, 0.29) is 6.54 Å². The van der Waals surface area contributed by atoms with Gasteiger partial charge in [0.2, 0.25) is 0 Å². The fraction of sp³-hybridized carbons (Fsp3) is 0.733. The van der Waals surface area contributed by atoms with Crippen molar-refractivity contribution in [1.82, 2.24) is 0 Å². The Labute approximate surface area is 145 Å². The molecule has 1 heterocycles. The molecule has 1 saturated heterocycles. The zero-order valence-electron chi connectivity index (χ0n) is 14.8. The van der Waals surface area contributed by atoms with Crippen LogP contribution in [0.4, 0.5) is 0 Å². The van der Waals surface area contributed by atoms with Crippen LogP contribution in [0.1, 0.15) is 20.8 Å². The molecule has 5 atom stereocenters. The summed E-state index contributed by atoms with van der Waals surface area (Å²) in [6.45, 7) is 3.58. The summed E-state index contributed by atoms with van der Waals surface area (Å²) in [7, 11) is 2.83. The highest BCUT2D eigenvalue weighted by Gasteiger charge is 2.52. The van der Waals surface area contributed by atoms with E-state index in [4.69, 9.17) is 23.7 Å². The van der Waals surface area contributed by atoms with Crippen LogP contribution in [0.25, 0.3) is 0 Å². The van der Waals surface area contributed by atoms with Gasteiger partial charge in [-0.05, 0) is 0 Å². The number of hydrogen-bond donors (Lipinski definition) is 0. The third-order valence-electron chi connectivity index (χ3n) is 3.17. The summed E-state index contributed by atoms with van der Waals surface area (Å²) >= 11 is 0. The fourth-order valence-corrected chi connectivity index (χ4v) is 2.39. The van der Waals surface area contributed by atoms with Crippen molar-refractivity contribution in [3.8, 4) is 0 Å². The summed E-state index contributed by atoms with van der Waals surface area (Å²) in [5.41, 5.74) is 0. The summed E-state index contributed by atoms with van der Waals surface area (Å²) in [6, 6.07) is 2.40. The number of nitrogens with zero attached hydrogens (tertiary/aromatic N) is 2. The molecule has 0 radical (unpaired) electrons. The molecule has 0 unspecified atom stereocenters. The number of esters is 3. The Kier molecular flexibility index (Phi) is 8.20. The molecule has 140 valence electrons. The number of aliphatic imine (C=N–C) groups is 2. The summed E-state index contributed by atoms with van der Waals surface area (Å²) in [6.07, 6.45) is -5.16. The van der Waals surface area contributed by atoms with E-state index >= 15 is 0 Å². The minimum Gasteiger partial charge on any atom is -0.456 e. The monoisotopic (exact) mass is 358 g/mol. The van der Waals surface area contributed by atoms with Crippen molar-refractivity contribution in [3.05, 3.63) is 0 Å². The van der Waals surface area contributed by atoms with Crippen molar-refractivity contribution < 1.29 is 38.1 Å². The molecule has 0 bridgehead atoms. The molecule has 10 heteroatoms. The van der Waals surface area contributed by atoms with Crippen LogP contribution >= 0.6 is 0 Å². The summed E-state index contributed by atoms with van der Waals surface area (Å²) in [4.78, 5) is 41.9. The zero-order chi connectivity index (χ0) is 19.0. The van der Waals surface area contributed by atoms with Gasteiger partial charge in [0.15, 0.2) is 24.6 Å². The molecule has 0 aliphatic carbocycles. The van der Waals surface area contributed by atoms with Crippen LogP contribution in [0.2, 0.25) is 0 Å². The summed E-state index contributed by atoms with van der Waals surface area (Å²) < 4.78 is 26.5. The van der Waals surface area contributed by atoms with E-state index in [1.807, 2.05) is 0 Å². The molecule has 1 fully saturated rings. The molecule has 1 rings (SSSR count). The lowest BCUT2D eigenvalue weighted by Gasteiger charge is -2.43. The maximum atomic E-state index is 11.5. The highest BCUT2D eigenvalue weighted by Crippen LogP contribution is 2.29. The highest BCUT2D eigenvalue weighted by atomic mass is 16.7. The molecule has 0 aromatic rings. The van der Waals surface area contributed by atoms with Gasteiger partial charge in [-0.25, -0.2) is 9.98 Å². The van der Waals surface area contributed by atoms with Crippen LogP contribution in [-0.4, -0.2) is 75.3 Å². The van der Waals surface area contributed by atoms with E-state index < -0.39 is 48.6 Å². The van der Waals surface area contributed by atoms with Gasteiger partial charge in [0.1, 0.15) is 6.10 Å². The largest absolute Gasteiger partial charge is 0.456 e. The predicted molar refractivity (Wildman–Crippen MR) is 83.0 cm³/mol. The third-order valence-corrected chi connectivity index (χ3v) is 3.17. The molecule has 0 aromatic carbocycles. The van der Waals surface area contributed by atoms with Gasteiger partial charge >= 0.3 is 17.9 Å². The summed E-state index contributed by atoms with van der Waals surface area (Å²) in [5.74, 6) is -1.90. The first-order valence-electron chi connectivity index (χ1n) is 7.50. The molecule has 1 aliphatic rings. The molecule has 0 aromatic heterocycles. The number of carbonyl (C=O) groups excluding carboxylic acids is 3. The van der Waals surface area contributed by atoms with Gasteiger partial charge in [-0.15, -0.1) is 0 Å². The fourth-order valence-electron chi connectivity index (χ4n) is 2.39. The Morgan fingerprint density at radius 3 is 1.96 bits per heavy atom. The van der Waals surface area contributed by atoms with Gasteiger partial charge in [-0.1, -0.05) is 0 Å². The quantitative estimate of drug-likeness (QED) is 0.368. The second kappa shape index (κ2) is 9.87. The lowest BCUT2D eigenvalue weighted by molar-refractivity contribution is -0.296. The number of methoxy groups -OCH3 is 1. The van der Waals surface area contributed by atoms with Crippen molar-refractivity contribution in [3.63, 3.8) is 0 Å². The van der Waals surface area contributed by atoms with E-state index in [0.717, 1.165) is 0 Å². The number of ether oxygens (including phenoxy) is 5. The molecular formula is C15H22N2O8. The second-order valence-corrected chi connectivity index (χ2v) is 5.17. The number of rotatable bonds is 6. The topological polar surface area (TPSA) is 122 Å². The minimum absolute atomic E-state index is 0.0136. The maximum Gasteiger partial charge on any atom is 0.303 e. The zero-order valence-corrected chi connectivity index (χ0v) is 14.8. The average molecular weight is 358 g/mol. The highest BCUT2D eigenvalue weighted by molar-refractivity contribution is 5.68. The van der Waals surface area contributed by atoms with Gasteiger partial charge in [0.05, 0.1) is 12.6 Å². The second-order valence-electron chi connectivity index (χ2n) is 5.17. The van der Waals surface area contributed by atoms with Crippen molar-refractivity contribution in [1.29, 1.82) is 0 Å². The van der Waals surface area contributed by atoms with Crippen molar-refractivity contribution in [2.45, 2.75) is 51.5 Å². The summed E-state index contributed by atoms with van der Waals surface area (Å²) in [5, 5.41) is 0. The Bertz CT molecular complexity index is 558. The first-order valence-corrected chi connectivity index (χ1v) is 7.50. The van der Waals surface area contributed by atoms with E-state index in [1.165, 1.54) is 34.9 Å². The molecule has 0 N–H and O–H groups in total. The van der Waals surface area contributed by atoms with Gasteiger partial charge < -0.3 is 23.7 Å². The smallest absolute Gasteiger partial charge is 0.303 e. The molecular weight excluding hydrogens is 336 g/mol. The standard InChI is InChI=1S/C15H22N2O8/c1-8(18)22-12-11(6-17-7-16-4)25-15(21-5)14(24-10(3)20)13(12)23-9(2)19/h11-15H,6H2,1-5H3/t11-,12-,13+,14-,15+/m1/s1. The molecule has 1 aliphatic heterocycles. The van der Waals surface area contributed by atoms with Crippen LogP contribution < -0.4 is 0 Å². The van der Waals surface area contributed by atoms with Crippen molar-refractivity contribution >= 4 is 23.9 Å². The van der Waals surface area contributed by atoms with Crippen LogP contribution in [0.5, 0.6) is 0 Å². The SMILES string of the molecule is CN=C=NC[C@H]1O[C@H](OC)[C@H](OC(C)=O)[C@@H](OC(C)=O)[C@@H]1OC(C)=O. The Balaban J connectivity index is 3.23. The van der Waals surface area contributed by atoms with E-state index in [9.17, 15) is 14.4 Å². The predicted octanol–water partition coefficient (Wildman–Crippen LogP) is -0.0435. The Morgan fingerprint density at radius 1 is 0.960 bits per heavy atom. The molecule has 0 spiro atoms. The number of hydrogen-bond acceptors (Lipinski definition) is 10. The lowest BCUT2D eigenvalue weighted by atomic mass is 9.97. The van der Waals surface area contributed by atoms with Gasteiger partial charge in [-0.3, -0.25) is 14.4 Å². The van der Waals surface area contributed by atoms with E-state index in [0.29, 0.717) is 0 Å². The average Bonchev–Trinajstić information content (AvgIpc) is 2.51.